The van der Waals surface area contributed by atoms with Gasteiger partial charge in [0.25, 0.3) is 0 Å². The van der Waals surface area contributed by atoms with Crippen molar-refractivity contribution in [1.29, 1.82) is 0 Å². The monoisotopic (exact) mass is 414 g/mol. The third kappa shape index (κ3) is 15.0. The zero-order chi connectivity index (χ0) is 21.0. The minimum atomic E-state index is 0.0383. The van der Waals surface area contributed by atoms with Crippen LogP contribution in [0, 0.1) is 0 Å². The summed E-state index contributed by atoms with van der Waals surface area (Å²) >= 11 is 0. The molecule has 0 radical (unpaired) electrons. The van der Waals surface area contributed by atoms with E-state index in [0.29, 0.717) is 72.4 Å². The molecular weight excluding hydrogens is 376 g/mol. The maximum absolute atomic E-state index is 11.0. The van der Waals surface area contributed by atoms with Crippen molar-refractivity contribution in [2.24, 2.45) is 0 Å². The van der Waals surface area contributed by atoms with Crippen LogP contribution in [-0.4, -0.2) is 80.3 Å². The Morgan fingerprint density at radius 2 is 1.55 bits per heavy atom. The van der Waals surface area contributed by atoms with Crippen LogP contribution in [0.2, 0.25) is 0 Å². The molecule has 0 aromatic carbocycles. The summed E-state index contributed by atoms with van der Waals surface area (Å²) in [6, 6.07) is 0. The van der Waals surface area contributed by atoms with E-state index in [0.717, 1.165) is 12.1 Å². The predicted octanol–water partition coefficient (Wildman–Crippen LogP) is 1.60. The highest BCUT2D eigenvalue weighted by atomic mass is 16.6. The molecule has 0 bridgehead atoms. The van der Waals surface area contributed by atoms with E-state index in [1.807, 2.05) is 17.8 Å². The van der Waals surface area contributed by atoms with Gasteiger partial charge in [-0.15, -0.1) is 5.10 Å². The van der Waals surface area contributed by atoms with Gasteiger partial charge in [0.2, 0.25) is 5.91 Å². The lowest BCUT2D eigenvalue weighted by molar-refractivity contribution is -0.121. The largest absolute Gasteiger partial charge is 0.377 e. The van der Waals surface area contributed by atoms with E-state index >= 15 is 0 Å². The highest BCUT2D eigenvalue weighted by Gasteiger charge is 2.01. The summed E-state index contributed by atoms with van der Waals surface area (Å²) in [5.41, 5.74) is 1.05. The number of rotatable bonds is 20. The summed E-state index contributed by atoms with van der Waals surface area (Å²) in [7, 11) is 0. The summed E-state index contributed by atoms with van der Waals surface area (Å²) in [5.74, 6) is 0.0383. The molecule has 29 heavy (non-hydrogen) atoms. The molecule has 0 aliphatic heterocycles. The average molecular weight is 415 g/mol. The van der Waals surface area contributed by atoms with Crippen molar-refractivity contribution in [3.05, 3.63) is 11.9 Å². The smallest absolute Gasteiger partial charge is 0.219 e. The lowest BCUT2D eigenvalue weighted by Gasteiger charge is -2.08. The summed E-state index contributed by atoms with van der Waals surface area (Å²) in [4.78, 5) is 11.0. The summed E-state index contributed by atoms with van der Waals surface area (Å²) in [6.45, 7) is 9.50. The van der Waals surface area contributed by atoms with E-state index in [1.165, 1.54) is 19.3 Å². The lowest BCUT2D eigenvalue weighted by atomic mass is 10.2. The van der Waals surface area contributed by atoms with Gasteiger partial charge in [0.15, 0.2) is 0 Å². The van der Waals surface area contributed by atoms with Gasteiger partial charge in [-0.25, -0.2) is 4.68 Å². The lowest BCUT2D eigenvalue weighted by Crippen LogP contribution is -2.26. The molecule has 9 nitrogen and oxygen atoms in total. The first-order valence-electron chi connectivity index (χ1n) is 10.7. The predicted molar refractivity (Wildman–Crippen MR) is 110 cm³/mol. The van der Waals surface area contributed by atoms with Crippen LogP contribution in [0.5, 0.6) is 0 Å². The van der Waals surface area contributed by atoms with Crippen LogP contribution in [0.15, 0.2) is 6.20 Å². The molecule has 1 N–H and O–H groups in total. The van der Waals surface area contributed by atoms with E-state index in [-0.39, 0.29) is 5.91 Å². The van der Waals surface area contributed by atoms with Gasteiger partial charge in [0, 0.05) is 19.2 Å². The van der Waals surface area contributed by atoms with Gasteiger partial charge < -0.3 is 24.3 Å². The number of carbonyl (C=O) groups is 1. The first kappa shape index (κ1) is 25.5. The van der Waals surface area contributed by atoms with Crippen LogP contribution in [0.3, 0.4) is 0 Å². The Morgan fingerprint density at radius 3 is 2.17 bits per heavy atom. The van der Waals surface area contributed by atoms with Gasteiger partial charge in [-0.05, 0) is 12.8 Å². The maximum Gasteiger partial charge on any atom is 0.219 e. The molecule has 0 fully saturated rings. The van der Waals surface area contributed by atoms with Crippen LogP contribution < -0.4 is 5.32 Å². The van der Waals surface area contributed by atoms with E-state index in [4.69, 9.17) is 18.9 Å². The Labute approximate surface area is 174 Å². The number of unbranched alkanes of at least 4 members (excludes halogenated alkanes) is 2. The van der Waals surface area contributed by atoms with Crippen molar-refractivity contribution in [2.75, 3.05) is 59.4 Å². The number of aromatic nitrogens is 3. The maximum atomic E-state index is 11.0. The molecule has 9 heteroatoms. The van der Waals surface area contributed by atoms with Crippen LogP contribution in [-0.2, 0) is 36.7 Å². The molecule has 0 saturated carbocycles. The summed E-state index contributed by atoms with van der Waals surface area (Å²) in [6.07, 6.45) is 7.10. The van der Waals surface area contributed by atoms with Gasteiger partial charge in [-0.3, -0.25) is 4.79 Å². The van der Waals surface area contributed by atoms with E-state index < -0.39 is 0 Å². The fourth-order valence-corrected chi connectivity index (χ4v) is 2.43. The van der Waals surface area contributed by atoms with Gasteiger partial charge in [0.05, 0.1) is 65.1 Å². The van der Waals surface area contributed by atoms with Crippen molar-refractivity contribution in [2.45, 2.75) is 52.5 Å². The minimum Gasteiger partial charge on any atom is -0.377 e. The molecule has 0 saturated heterocycles. The minimum absolute atomic E-state index is 0.0383. The first-order valence-corrected chi connectivity index (χ1v) is 10.7. The fourth-order valence-electron chi connectivity index (χ4n) is 2.43. The van der Waals surface area contributed by atoms with Crippen molar-refractivity contribution < 1.29 is 23.7 Å². The van der Waals surface area contributed by atoms with Crippen molar-refractivity contribution in [1.82, 2.24) is 20.3 Å². The summed E-state index contributed by atoms with van der Waals surface area (Å²) < 4.78 is 23.6. The second-order valence-corrected chi connectivity index (χ2v) is 6.58. The van der Waals surface area contributed by atoms with E-state index in [9.17, 15) is 4.79 Å². The van der Waals surface area contributed by atoms with Gasteiger partial charge in [-0.1, -0.05) is 31.9 Å². The zero-order valence-corrected chi connectivity index (χ0v) is 18.1. The number of hydrogen-bond acceptors (Lipinski definition) is 7. The molecule has 0 unspecified atom stereocenters. The highest BCUT2D eigenvalue weighted by molar-refractivity contribution is 5.75. The topological polar surface area (TPSA) is 96.7 Å². The van der Waals surface area contributed by atoms with Crippen molar-refractivity contribution in [3.8, 4) is 0 Å². The molecule has 0 spiro atoms. The Bertz CT molecular complexity index is 513. The number of ether oxygens (including phenoxy) is 4. The Hall–Kier alpha value is -1.55. The quantitative estimate of drug-likeness (QED) is 0.324. The van der Waals surface area contributed by atoms with Gasteiger partial charge >= 0.3 is 0 Å². The van der Waals surface area contributed by atoms with E-state index in [1.54, 1.807) is 0 Å². The fraction of sp³-hybridized carbons (Fsp3) is 0.850. The number of carbonyl (C=O) groups excluding carboxylic acids is 1. The van der Waals surface area contributed by atoms with Crippen LogP contribution in [0.1, 0.15) is 45.2 Å². The molecule has 1 aromatic heterocycles. The zero-order valence-electron chi connectivity index (χ0n) is 18.1. The van der Waals surface area contributed by atoms with Crippen LogP contribution >= 0.6 is 0 Å². The molecule has 1 rings (SSSR count). The standard InChI is InChI=1S/C20H38N4O5/c1-3-5-6-7-19-18-24(23-22-19)9-11-27-13-15-29-17-16-28-14-12-26-10-8-21-20(25)4-2/h18H,3-17H2,1-2H3,(H,21,25). The molecule has 1 aromatic rings. The third-order valence-electron chi connectivity index (χ3n) is 4.09. The summed E-state index contributed by atoms with van der Waals surface area (Å²) in [5, 5.41) is 11.0. The first-order chi connectivity index (χ1) is 14.3. The number of aryl methyl sites for hydroxylation is 1. The molecular formula is C20H38N4O5. The molecule has 0 aliphatic rings. The van der Waals surface area contributed by atoms with Crippen LogP contribution in [0.25, 0.3) is 0 Å². The van der Waals surface area contributed by atoms with Crippen LogP contribution in [0.4, 0.5) is 0 Å². The molecule has 168 valence electrons. The Morgan fingerprint density at radius 1 is 0.931 bits per heavy atom. The second-order valence-electron chi connectivity index (χ2n) is 6.58. The van der Waals surface area contributed by atoms with Crippen molar-refractivity contribution >= 4 is 5.91 Å². The molecule has 1 heterocycles. The van der Waals surface area contributed by atoms with E-state index in [2.05, 4.69) is 22.6 Å². The number of nitrogens with one attached hydrogen (secondary N) is 1. The number of hydrogen-bond donors (Lipinski definition) is 1. The molecule has 0 aliphatic carbocycles. The third-order valence-corrected chi connectivity index (χ3v) is 4.09. The van der Waals surface area contributed by atoms with Gasteiger partial charge in [-0.2, -0.15) is 0 Å². The molecule has 1 amide bonds. The van der Waals surface area contributed by atoms with Crippen molar-refractivity contribution in [3.63, 3.8) is 0 Å². The number of amides is 1. The Balaban J connectivity index is 1.80. The SMILES string of the molecule is CCCCCc1cn(CCOCCOCCOCCOCCNC(=O)CC)nn1. The number of nitrogens with zero attached hydrogens (tertiary/aromatic N) is 3. The average Bonchev–Trinajstić information content (AvgIpc) is 3.18. The second kappa shape index (κ2) is 18.5. The Kier molecular flexibility index (Phi) is 16.2. The highest BCUT2D eigenvalue weighted by Crippen LogP contribution is 2.02. The van der Waals surface area contributed by atoms with Gasteiger partial charge in [0.1, 0.15) is 0 Å². The normalized spacial score (nSPS) is 11.1. The molecule has 0 atom stereocenters.